The summed E-state index contributed by atoms with van der Waals surface area (Å²) in [6, 6.07) is 15.7. The molecular formula is C17H20IN2O2+. The minimum atomic E-state index is 0.0233. The highest BCUT2D eigenvalue weighted by Gasteiger charge is 2.12. The number of ether oxygens (including phenoxy) is 1. The molecule has 0 aliphatic carbocycles. The number of halogens is 1. The number of quaternary nitrogens is 1. The zero-order chi connectivity index (χ0) is 15.9. The van der Waals surface area contributed by atoms with Crippen LogP contribution in [0.1, 0.15) is 5.56 Å². The number of carbonyl (C=O) groups excluding carboxylic acids is 1. The van der Waals surface area contributed by atoms with Crippen LogP contribution in [-0.4, -0.2) is 26.6 Å². The second-order valence-corrected chi connectivity index (χ2v) is 6.35. The predicted octanol–water partition coefficient (Wildman–Crippen LogP) is 1.95. The lowest BCUT2D eigenvalue weighted by atomic mass is 10.2. The molecule has 0 aromatic heterocycles. The molecule has 2 aromatic carbocycles. The van der Waals surface area contributed by atoms with Crippen molar-refractivity contribution in [2.45, 2.75) is 6.54 Å². The molecule has 1 atom stereocenters. The lowest BCUT2D eigenvalue weighted by molar-refractivity contribution is -0.885. The number of carbonyl (C=O) groups is 1. The van der Waals surface area contributed by atoms with Gasteiger partial charge in [0.1, 0.15) is 12.3 Å². The van der Waals surface area contributed by atoms with Gasteiger partial charge in [-0.25, -0.2) is 0 Å². The number of benzene rings is 2. The van der Waals surface area contributed by atoms with E-state index in [1.165, 1.54) is 5.56 Å². The van der Waals surface area contributed by atoms with Crippen molar-refractivity contribution < 1.29 is 14.4 Å². The van der Waals surface area contributed by atoms with Gasteiger partial charge in [-0.15, -0.1) is 0 Å². The number of anilines is 1. The molecule has 1 unspecified atom stereocenters. The van der Waals surface area contributed by atoms with E-state index in [2.05, 4.69) is 27.9 Å². The van der Waals surface area contributed by atoms with Crippen LogP contribution in [-0.2, 0) is 11.3 Å². The predicted molar refractivity (Wildman–Crippen MR) is 96.2 cm³/mol. The first-order chi connectivity index (χ1) is 10.6. The average Bonchev–Trinajstić information content (AvgIpc) is 2.50. The number of hydrogen-bond donors (Lipinski definition) is 2. The van der Waals surface area contributed by atoms with Crippen LogP contribution in [0, 0.1) is 3.57 Å². The molecule has 0 fully saturated rings. The van der Waals surface area contributed by atoms with Crippen LogP contribution in [0.2, 0.25) is 0 Å². The molecule has 2 N–H and O–H groups in total. The van der Waals surface area contributed by atoms with Gasteiger partial charge in [-0.1, -0.05) is 12.1 Å². The maximum Gasteiger partial charge on any atom is 0.279 e. The van der Waals surface area contributed by atoms with Crippen molar-refractivity contribution in [1.82, 2.24) is 0 Å². The molecule has 0 aliphatic heterocycles. The van der Waals surface area contributed by atoms with E-state index in [1.807, 2.05) is 55.6 Å². The van der Waals surface area contributed by atoms with Gasteiger partial charge in [0.15, 0.2) is 6.54 Å². The molecule has 0 aliphatic rings. The van der Waals surface area contributed by atoms with Crippen molar-refractivity contribution in [2.75, 3.05) is 26.0 Å². The highest BCUT2D eigenvalue weighted by atomic mass is 127. The molecule has 0 saturated carbocycles. The third-order valence-corrected chi connectivity index (χ3v) is 4.22. The number of rotatable bonds is 6. The maximum absolute atomic E-state index is 12.1. The number of methoxy groups -OCH3 is 1. The Bertz CT molecular complexity index is 629. The van der Waals surface area contributed by atoms with Crippen LogP contribution >= 0.6 is 22.6 Å². The van der Waals surface area contributed by atoms with Gasteiger partial charge in [0, 0.05) is 9.13 Å². The Morgan fingerprint density at radius 3 is 2.50 bits per heavy atom. The van der Waals surface area contributed by atoms with Gasteiger partial charge in [-0.05, 0) is 59.0 Å². The zero-order valence-corrected chi connectivity index (χ0v) is 14.9. The summed E-state index contributed by atoms with van der Waals surface area (Å²) in [4.78, 5) is 13.2. The quantitative estimate of drug-likeness (QED) is 0.714. The summed E-state index contributed by atoms with van der Waals surface area (Å²) in [5, 5.41) is 2.96. The standard InChI is InChI=1S/C17H19IN2O2/c1-20(11-13-7-9-14(22-2)10-8-13)12-17(21)19-16-6-4-3-5-15(16)18/h3-10H,11-12H2,1-2H3,(H,19,21)/p+1. The topological polar surface area (TPSA) is 42.8 Å². The van der Waals surface area contributed by atoms with Gasteiger partial charge in [0.25, 0.3) is 5.91 Å². The Hall–Kier alpha value is -1.60. The molecule has 1 amide bonds. The van der Waals surface area contributed by atoms with E-state index in [4.69, 9.17) is 4.74 Å². The summed E-state index contributed by atoms with van der Waals surface area (Å²) in [5.74, 6) is 0.868. The number of likely N-dealkylation sites (N-methyl/N-ethyl adjacent to an activating group) is 1. The van der Waals surface area contributed by atoms with Crippen molar-refractivity contribution in [2.24, 2.45) is 0 Å². The Morgan fingerprint density at radius 1 is 1.18 bits per heavy atom. The van der Waals surface area contributed by atoms with Crippen molar-refractivity contribution in [3.05, 3.63) is 57.7 Å². The van der Waals surface area contributed by atoms with Crippen LogP contribution in [0.5, 0.6) is 5.75 Å². The van der Waals surface area contributed by atoms with Gasteiger partial charge in [0.2, 0.25) is 0 Å². The molecule has 0 saturated heterocycles. The molecule has 0 heterocycles. The number of amides is 1. The summed E-state index contributed by atoms with van der Waals surface area (Å²) in [7, 11) is 3.67. The van der Waals surface area contributed by atoms with E-state index >= 15 is 0 Å². The highest BCUT2D eigenvalue weighted by molar-refractivity contribution is 14.1. The molecule has 22 heavy (non-hydrogen) atoms. The first kappa shape index (κ1) is 16.8. The Labute approximate surface area is 144 Å². The monoisotopic (exact) mass is 411 g/mol. The summed E-state index contributed by atoms with van der Waals surface area (Å²) >= 11 is 2.22. The minimum absolute atomic E-state index is 0.0233. The smallest absolute Gasteiger partial charge is 0.279 e. The first-order valence-electron chi connectivity index (χ1n) is 7.07. The normalized spacial score (nSPS) is 11.8. The average molecular weight is 411 g/mol. The fourth-order valence-electron chi connectivity index (χ4n) is 2.19. The van der Waals surface area contributed by atoms with E-state index < -0.39 is 0 Å². The summed E-state index contributed by atoms with van der Waals surface area (Å²) in [6.07, 6.45) is 0. The fraction of sp³-hybridized carbons (Fsp3) is 0.235. The summed E-state index contributed by atoms with van der Waals surface area (Å²) < 4.78 is 6.19. The van der Waals surface area contributed by atoms with Crippen molar-refractivity contribution in [3.63, 3.8) is 0 Å². The molecule has 2 aromatic rings. The molecule has 0 radical (unpaired) electrons. The number of hydrogen-bond acceptors (Lipinski definition) is 2. The first-order valence-corrected chi connectivity index (χ1v) is 8.15. The third-order valence-electron chi connectivity index (χ3n) is 3.28. The van der Waals surface area contributed by atoms with Crippen LogP contribution < -0.4 is 15.0 Å². The number of para-hydroxylation sites is 1. The summed E-state index contributed by atoms with van der Waals surface area (Å²) in [5.41, 5.74) is 2.05. The van der Waals surface area contributed by atoms with Gasteiger partial charge >= 0.3 is 0 Å². The molecule has 116 valence electrons. The van der Waals surface area contributed by atoms with Gasteiger partial charge in [-0.2, -0.15) is 0 Å². The largest absolute Gasteiger partial charge is 0.497 e. The van der Waals surface area contributed by atoms with Gasteiger partial charge in [-0.3, -0.25) is 4.79 Å². The van der Waals surface area contributed by atoms with Crippen molar-refractivity contribution in [1.29, 1.82) is 0 Å². The molecule has 5 heteroatoms. The highest BCUT2D eigenvalue weighted by Crippen LogP contribution is 2.16. The van der Waals surface area contributed by atoms with Gasteiger partial charge in [0.05, 0.1) is 19.8 Å². The van der Waals surface area contributed by atoms with E-state index in [-0.39, 0.29) is 5.91 Å². The molecule has 4 nitrogen and oxygen atoms in total. The minimum Gasteiger partial charge on any atom is -0.497 e. The molecular weight excluding hydrogens is 391 g/mol. The number of nitrogens with one attached hydrogen (secondary N) is 2. The molecule has 0 spiro atoms. The van der Waals surface area contributed by atoms with E-state index in [9.17, 15) is 4.79 Å². The lowest BCUT2D eigenvalue weighted by Gasteiger charge is -2.14. The maximum atomic E-state index is 12.1. The van der Waals surface area contributed by atoms with Crippen LogP contribution in [0.15, 0.2) is 48.5 Å². The Morgan fingerprint density at radius 2 is 1.86 bits per heavy atom. The van der Waals surface area contributed by atoms with Crippen molar-refractivity contribution >= 4 is 34.2 Å². The van der Waals surface area contributed by atoms with E-state index in [0.29, 0.717) is 6.54 Å². The van der Waals surface area contributed by atoms with E-state index in [0.717, 1.165) is 26.5 Å². The van der Waals surface area contributed by atoms with Crippen LogP contribution in [0.4, 0.5) is 5.69 Å². The van der Waals surface area contributed by atoms with Crippen molar-refractivity contribution in [3.8, 4) is 5.75 Å². The SMILES string of the molecule is COc1ccc(C[NH+](C)CC(=O)Nc2ccccc2I)cc1. The fourth-order valence-corrected chi connectivity index (χ4v) is 2.71. The second kappa shape index (κ2) is 8.14. The van der Waals surface area contributed by atoms with Gasteiger partial charge < -0.3 is 15.0 Å². The Balaban J connectivity index is 1.87. The second-order valence-electron chi connectivity index (χ2n) is 5.19. The lowest BCUT2D eigenvalue weighted by Crippen LogP contribution is -3.08. The third kappa shape index (κ3) is 4.99. The zero-order valence-electron chi connectivity index (χ0n) is 12.7. The molecule has 0 bridgehead atoms. The molecule has 2 rings (SSSR count). The van der Waals surface area contributed by atoms with Crippen LogP contribution in [0.25, 0.3) is 0 Å². The van der Waals surface area contributed by atoms with E-state index in [1.54, 1.807) is 7.11 Å². The Kier molecular flexibility index (Phi) is 6.21. The van der Waals surface area contributed by atoms with Crippen LogP contribution in [0.3, 0.4) is 0 Å². The summed E-state index contributed by atoms with van der Waals surface area (Å²) in [6.45, 7) is 1.22.